The van der Waals surface area contributed by atoms with Crippen LogP contribution in [0.15, 0.2) is 27.0 Å². The lowest BCUT2D eigenvalue weighted by atomic mass is 9.88. The Morgan fingerprint density at radius 1 is 1.50 bits per heavy atom. The summed E-state index contributed by atoms with van der Waals surface area (Å²) in [6, 6.07) is 0.362. The molecule has 0 aliphatic carbocycles. The van der Waals surface area contributed by atoms with Crippen LogP contribution in [0, 0.1) is 0 Å². The number of carbonyl (C=O) groups is 1. The van der Waals surface area contributed by atoms with Crippen LogP contribution in [-0.2, 0) is 14.3 Å². The van der Waals surface area contributed by atoms with Gasteiger partial charge in [-0.15, -0.1) is 0 Å². The maximum absolute atomic E-state index is 12.1. The molecule has 10 heteroatoms. The molecule has 0 bridgehead atoms. The Balaban J connectivity index is 2.59. The summed E-state index contributed by atoms with van der Waals surface area (Å²) in [5, 5.41) is 3.77. The van der Waals surface area contributed by atoms with Gasteiger partial charge in [0.15, 0.2) is 12.3 Å². The Morgan fingerprint density at radius 3 is 2.67 bits per heavy atom. The second kappa shape index (κ2) is 6.90. The van der Waals surface area contributed by atoms with Crippen molar-refractivity contribution in [2.75, 3.05) is 0 Å². The summed E-state index contributed by atoms with van der Waals surface area (Å²) in [7, 11) is 0. The quantitative estimate of drug-likeness (QED) is 0.372. The third kappa shape index (κ3) is 3.06. The van der Waals surface area contributed by atoms with E-state index >= 15 is 0 Å². The number of aromatic nitrogens is 2. The fourth-order valence-corrected chi connectivity index (χ4v) is 3.05. The number of nitrogens with one attached hydrogen (secondary N) is 1. The average molecular weight is 337 g/mol. The minimum Gasteiger partial charge on any atom is -0.457 e. The van der Waals surface area contributed by atoms with Gasteiger partial charge in [0, 0.05) is 24.1 Å². The van der Waals surface area contributed by atoms with E-state index in [1.807, 2.05) is 13.8 Å². The highest BCUT2D eigenvalue weighted by Gasteiger charge is 2.55. The van der Waals surface area contributed by atoms with E-state index in [1.165, 1.54) is 13.1 Å². The van der Waals surface area contributed by atoms with E-state index in [0.717, 1.165) is 10.6 Å². The second-order valence-corrected chi connectivity index (χ2v) is 5.52. The average Bonchev–Trinajstić information content (AvgIpc) is 2.82. The lowest BCUT2D eigenvalue weighted by Gasteiger charge is -2.30. The highest BCUT2D eigenvalue weighted by molar-refractivity contribution is 5.66. The molecular weight excluding hydrogens is 318 g/mol. The van der Waals surface area contributed by atoms with E-state index in [4.69, 9.17) is 15.0 Å². The zero-order valence-corrected chi connectivity index (χ0v) is 13.6. The zero-order chi connectivity index (χ0) is 17.9. The molecule has 0 saturated carbocycles. The van der Waals surface area contributed by atoms with Crippen LogP contribution < -0.4 is 11.2 Å². The smallest absolute Gasteiger partial charge is 0.330 e. The molecule has 1 N–H and O–H groups in total. The van der Waals surface area contributed by atoms with Crippen molar-refractivity contribution in [2.24, 2.45) is 5.11 Å². The van der Waals surface area contributed by atoms with Crippen molar-refractivity contribution in [2.45, 2.75) is 57.6 Å². The number of H-pyrrole nitrogens is 1. The molecule has 0 unspecified atom stereocenters. The first kappa shape index (κ1) is 17.8. The van der Waals surface area contributed by atoms with Crippen molar-refractivity contribution in [3.05, 3.63) is 43.5 Å². The van der Waals surface area contributed by atoms with Gasteiger partial charge in [-0.25, -0.2) is 4.79 Å². The Bertz CT molecular complexity index is 774. The molecule has 0 radical (unpaired) electrons. The van der Waals surface area contributed by atoms with Gasteiger partial charge in [0.05, 0.1) is 5.60 Å². The van der Waals surface area contributed by atoms with E-state index < -0.39 is 41.2 Å². The van der Waals surface area contributed by atoms with Gasteiger partial charge in [-0.3, -0.25) is 19.1 Å². The summed E-state index contributed by atoms with van der Waals surface area (Å²) in [4.78, 5) is 39.8. The maximum atomic E-state index is 12.1. The summed E-state index contributed by atoms with van der Waals surface area (Å²) < 4.78 is 12.5. The molecule has 0 amide bonds. The number of ether oxygens (including phenoxy) is 2. The van der Waals surface area contributed by atoms with Crippen LogP contribution in [0.1, 0.15) is 39.8 Å². The molecule has 1 aliphatic rings. The predicted octanol–water partition coefficient (Wildman–Crippen LogP) is 1.23. The third-order valence-electron chi connectivity index (χ3n) is 4.29. The van der Waals surface area contributed by atoms with Crippen molar-refractivity contribution in [3.8, 4) is 0 Å². The minimum absolute atomic E-state index is 0.486. The molecule has 1 aliphatic heterocycles. The lowest BCUT2D eigenvalue weighted by molar-refractivity contribution is -0.154. The van der Waals surface area contributed by atoms with Crippen LogP contribution in [0.3, 0.4) is 0 Å². The fourth-order valence-electron chi connectivity index (χ4n) is 3.05. The van der Waals surface area contributed by atoms with Crippen LogP contribution in [0.25, 0.3) is 10.4 Å². The Labute approximate surface area is 137 Å². The number of hydrogen-bond acceptors (Lipinski definition) is 6. The molecular formula is C14H19N5O5. The summed E-state index contributed by atoms with van der Waals surface area (Å²) in [5.41, 5.74) is 6.76. The standard InChI is InChI=1S/C14H19N5O5/c1-4-14(5-2)11(17-18-15)10(23-8(3)20)12(24-14)19-7-6-9(21)16-13(19)22/h6-7,10-12H,4-5H2,1-3H3,(H,16,21,22)/t10-,11+,12-/m1/s1. The number of aromatic amines is 1. The number of carbonyl (C=O) groups excluding carboxylic acids is 1. The summed E-state index contributed by atoms with van der Waals surface area (Å²) >= 11 is 0. The van der Waals surface area contributed by atoms with Crippen molar-refractivity contribution < 1.29 is 14.3 Å². The number of hydrogen-bond donors (Lipinski definition) is 1. The van der Waals surface area contributed by atoms with Crippen LogP contribution in [0.5, 0.6) is 0 Å². The van der Waals surface area contributed by atoms with Crippen LogP contribution in [0.2, 0.25) is 0 Å². The normalized spacial score (nSPS) is 25.0. The topological polar surface area (TPSA) is 139 Å². The minimum atomic E-state index is -1.01. The molecule has 3 atom stereocenters. The fraction of sp³-hybridized carbons (Fsp3) is 0.643. The first-order valence-electron chi connectivity index (χ1n) is 7.59. The van der Waals surface area contributed by atoms with Gasteiger partial charge in [-0.05, 0) is 18.4 Å². The first-order valence-corrected chi connectivity index (χ1v) is 7.59. The maximum Gasteiger partial charge on any atom is 0.330 e. The van der Waals surface area contributed by atoms with Crippen LogP contribution in [0.4, 0.5) is 0 Å². The monoisotopic (exact) mass is 337 g/mol. The molecule has 10 nitrogen and oxygen atoms in total. The molecule has 0 spiro atoms. The van der Waals surface area contributed by atoms with Crippen molar-refractivity contribution in [1.29, 1.82) is 0 Å². The first-order chi connectivity index (χ1) is 11.4. The number of rotatable bonds is 5. The van der Waals surface area contributed by atoms with Gasteiger partial charge in [-0.2, -0.15) is 0 Å². The second-order valence-electron chi connectivity index (χ2n) is 5.52. The van der Waals surface area contributed by atoms with Gasteiger partial charge in [0.2, 0.25) is 0 Å². The molecule has 1 aromatic rings. The lowest BCUT2D eigenvalue weighted by Crippen LogP contribution is -2.42. The zero-order valence-electron chi connectivity index (χ0n) is 13.6. The van der Waals surface area contributed by atoms with E-state index in [2.05, 4.69) is 15.0 Å². The molecule has 130 valence electrons. The van der Waals surface area contributed by atoms with Gasteiger partial charge < -0.3 is 9.47 Å². The van der Waals surface area contributed by atoms with Crippen LogP contribution in [-0.4, -0.2) is 33.3 Å². The molecule has 24 heavy (non-hydrogen) atoms. The Kier molecular flexibility index (Phi) is 5.10. The Hall–Kier alpha value is -2.58. The summed E-state index contributed by atoms with van der Waals surface area (Å²) in [6.45, 7) is 4.93. The van der Waals surface area contributed by atoms with E-state index in [-0.39, 0.29) is 0 Å². The number of esters is 1. The number of azide groups is 1. The predicted molar refractivity (Wildman–Crippen MR) is 83.2 cm³/mol. The Morgan fingerprint density at radius 2 is 2.17 bits per heavy atom. The molecule has 2 heterocycles. The van der Waals surface area contributed by atoms with E-state index in [1.54, 1.807) is 0 Å². The largest absolute Gasteiger partial charge is 0.457 e. The van der Waals surface area contributed by atoms with Gasteiger partial charge in [0.1, 0.15) is 6.04 Å². The third-order valence-corrected chi connectivity index (χ3v) is 4.29. The highest BCUT2D eigenvalue weighted by atomic mass is 16.6. The summed E-state index contributed by atoms with van der Waals surface area (Å²) in [6.07, 6.45) is 0.242. The van der Waals surface area contributed by atoms with Crippen molar-refractivity contribution in [3.63, 3.8) is 0 Å². The van der Waals surface area contributed by atoms with Crippen LogP contribution >= 0.6 is 0 Å². The van der Waals surface area contributed by atoms with E-state index in [9.17, 15) is 14.4 Å². The molecule has 2 rings (SSSR count). The molecule has 1 fully saturated rings. The molecule has 1 aromatic heterocycles. The molecule has 0 aromatic carbocycles. The van der Waals surface area contributed by atoms with E-state index in [0.29, 0.717) is 12.8 Å². The highest BCUT2D eigenvalue weighted by Crippen LogP contribution is 2.44. The SMILES string of the molecule is CCC1(CC)O[C@@H](n2ccc(=O)[nH]c2=O)[C@H](OC(C)=O)[C@@H]1N=[N+]=[N-]. The van der Waals surface area contributed by atoms with Crippen molar-refractivity contribution in [1.82, 2.24) is 9.55 Å². The van der Waals surface area contributed by atoms with Gasteiger partial charge in [-0.1, -0.05) is 19.0 Å². The molecule has 1 saturated heterocycles. The van der Waals surface area contributed by atoms with Gasteiger partial charge in [0.25, 0.3) is 5.56 Å². The number of nitrogens with zero attached hydrogens (tertiary/aromatic N) is 4. The van der Waals surface area contributed by atoms with Gasteiger partial charge >= 0.3 is 11.7 Å². The summed E-state index contributed by atoms with van der Waals surface area (Å²) in [5.74, 6) is -0.591. The van der Waals surface area contributed by atoms with Crippen molar-refractivity contribution >= 4 is 5.97 Å².